The van der Waals surface area contributed by atoms with E-state index in [4.69, 9.17) is 15.2 Å². The number of methoxy groups -OCH3 is 1. The summed E-state index contributed by atoms with van der Waals surface area (Å²) in [4.78, 5) is 24.7. The van der Waals surface area contributed by atoms with Gasteiger partial charge in [0, 0.05) is 25.9 Å². The van der Waals surface area contributed by atoms with Crippen LogP contribution in [0.25, 0.3) is 0 Å². The molecule has 4 N–H and O–H groups in total. The first-order valence-electron chi connectivity index (χ1n) is 5.46. The molecule has 0 aliphatic carbocycles. The van der Waals surface area contributed by atoms with Gasteiger partial charge in [-0.3, -0.25) is 14.3 Å². The van der Waals surface area contributed by atoms with E-state index in [-0.39, 0.29) is 6.54 Å². The predicted molar refractivity (Wildman–Crippen MR) is 61.1 cm³/mol. The van der Waals surface area contributed by atoms with Crippen molar-refractivity contribution in [1.29, 1.82) is 0 Å². The molecule has 8 heteroatoms. The Morgan fingerprint density at radius 3 is 2.89 bits per heavy atom. The van der Waals surface area contributed by atoms with Crippen molar-refractivity contribution >= 4 is 0 Å². The maximum Gasteiger partial charge on any atom is 0.330 e. The molecule has 4 atom stereocenters. The number of aliphatic hydroxyl groups is 1. The number of ether oxygens (including phenoxy) is 2. The van der Waals surface area contributed by atoms with E-state index >= 15 is 0 Å². The topological polar surface area (TPSA) is 120 Å². The number of nitrogens with two attached hydrogens (primary N) is 1. The van der Waals surface area contributed by atoms with Crippen LogP contribution >= 0.6 is 0 Å². The molecule has 1 fully saturated rings. The Hall–Kier alpha value is -1.48. The SMILES string of the molecule is COC1C(O)[C@@H](CN)O[C@H]1n1ccc(=O)[nH]c1=O. The van der Waals surface area contributed by atoms with Crippen LogP contribution in [0.2, 0.25) is 0 Å². The highest BCUT2D eigenvalue weighted by Crippen LogP contribution is 2.29. The van der Waals surface area contributed by atoms with Crippen molar-refractivity contribution in [2.45, 2.75) is 24.5 Å². The number of aromatic amines is 1. The van der Waals surface area contributed by atoms with Crippen LogP contribution in [-0.2, 0) is 9.47 Å². The Balaban J connectivity index is 2.38. The van der Waals surface area contributed by atoms with Crippen LogP contribution in [0.3, 0.4) is 0 Å². The minimum absolute atomic E-state index is 0.107. The summed E-state index contributed by atoms with van der Waals surface area (Å²) in [6.45, 7) is 0.107. The van der Waals surface area contributed by atoms with Crippen LogP contribution in [0.15, 0.2) is 21.9 Å². The Morgan fingerprint density at radius 2 is 2.33 bits per heavy atom. The van der Waals surface area contributed by atoms with Gasteiger partial charge in [-0.2, -0.15) is 0 Å². The van der Waals surface area contributed by atoms with E-state index in [1.54, 1.807) is 0 Å². The maximum atomic E-state index is 11.6. The summed E-state index contributed by atoms with van der Waals surface area (Å²) in [5.41, 5.74) is 4.33. The second-order valence-corrected chi connectivity index (χ2v) is 4.01. The number of aliphatic hydroxyl groups excluding tert-OH is 1. The fourth-order valence-corrected chi connectivity index (χ4v) is 2.02. The summed E-state index contributed by atoms with van der Waals surface area (Å²) in [5.74, 6) is 0. The van der Waals surface area contributed by atoms with Crippen molar-refractivity contribution in [3.8, 4) is 0 Å². The van der Waals surface area contributed by atoms with E-state index in [0.717, 1.165) is 4.57 Å². The lowest BCUT2D eigenvalue weighted by molar-refractivity contribution is -0.0526. The van der Waals surface area contributed by atoms with Crippen molar-refractivity contribution in [2.24, 2.45) is 5.73 Å². The van der Waals surface area contributed by atoms with Gasteiger partial charge in [0.05, 0.1) is 0 Å². The van der Waals surface area contributed by atoms with Crippen LogP contribution in [0.1, 0.15) is 6.23 Å². The molecule has 0 radical (unpaired) electrons. The van der Waals surface area contributed by atoms with Gasteiger partial charge in [0.1, 0.15) is 18.3 Å². The van der Waals surface area contributed by atoms with Gasteiger partial charge in [-0.05, 0) is 0 Å². The smallest absolute Gasteiger partial charge is 0.330 e. The third-order valence-corrected chi connectivity index (χ3v) is 2.94. The first-order valence-corrected chi connectivity index (χ1v) is 5.46. The van der Waals surface area contributed by atoms with Crippen molar-refractivity contribution in [3.05, 3.63) is 33.1 Å². The molecule has 2 heterocycles. The monoisotopic (exact) mass is 257 g/mol. The summed E-state index contributed by atoms with van der Waals surface area (Å²) in [7, 11) is 1.40. The van der Waals surface area contributed by atoms with Gasteiger partial charge in [-0.15, -0.1) is 0 Å². The molecule has 18 heavy (non-hydrogen) atoms. The van der Waals surface area contributed by atoms with Crippen LogP contribution in [-0.4, -0.2) is 46.6 Å². The number of aromatic nitrogens is 2. The Morgan fingerprint density at radius 1 is 1.61 bits per heavy atom. The summed E-state index contributed by atoms with van der Waals surface area (Å²) >= 11 is 0. The van der Waals surface area contributed by atoms with E-state index in [1.165, 1.54) is 19.4 Å². The molecule has 2 rings (SSSR count). The molecular weight excluding hydrogens is 242 g/mol. The van der Waals surface area contributed by atoms with Crippen molar-refractivity contribution < 1.29 is 14.6 Å². The molecule has 0 amide bonds. The number of hydrogen-bond acceptors (Lipinski definition) is 6. The van der Waals surface area contributed by atoms with E-state index < -0.39 is 35.8 Å². The maximum absolute atomic E-state index is 11.6. The lowest BCUT2D eigenvalue weighted by Gasteiger charge is -2.19. The normalized spacial score (nSPS) is 31.7. The molecule has 1 aliphatic heterocycles. The van der Waals surface area contributed by atoms with Gasteiger partial charge in [0.15, 0.2) is 6.23 Å². The molecule has 1 aromatic rings. The fourth-order valence-electron chi connectivity index (χ4n) is 2.02. The number of nitrogens with zero attached hydrogens (tertiary/aromatic N) is 1. The highest BCUT2D eigenvalue weighted by atomic mass is 16.6. The fraction of sp³-hybridized carbons (Fsp3) is 0.600. The highest BCUT2D eigenvalue weighted by molar-refractivity contribution is 4.94. The van der Waals surface area contributed by atoms with Crippen molar-refractivity contribution in [2.75, 3.05) is 13.7 Å². The zero-order valence-electron chi connectivity index (χ0n) is 9.78. The van der Waals surface area contributed by atoms with Crippen LogP contribution in [0.4, 0.5) is 0 Å². The number of H-pyrrole nitrogens is 1. The average molecular weight is 257 g/mol. The molecule has 0 spiro atoms. The van der Waals surface area contributed by atoms with Gasteiger partial charge in [-0.1, -0.05) is 0 Å². The first-order chi connectivity index (χ1) is 8.58. The van der Waals surface area contributed by atoms with Crippen molar-refractivity contribution in [1.82, 2.24) is 9.55 Å². The molecule has 100 valence electrons. The molecule has 1 saturated heterocycles. The zero-order chi connectivity index (χ0) is 13.3. The molecule has 2 unspecified atom stereocenters. The highest BCUT2D eigenvalue weighted by Gasteiger charge is 2.44. The lowest BCUT2D eigenvalue weighted by atomic mass is 10.1. The van der Waals surface area contributed by atoms with E-state index in [9.17, 15) is 14.7 Å². The molecule has 0 saturated carbocycles. The van der Waals surface area contributed by atoms with Gasteiger partial charge in [-0.25, -0.2) is 4.79 Å². The van der Waals surface area contributed by atoms with Gasteiger partial charge < -0.3 is 20.3 Å². The Kier molecular flexibility index (Phi) is 3.62. The zero-order valence-corrected chi connectivity index (χ0v) is 9.78. The quantitative estimate of drug-likeness (QED) is 0.563. The predicted octanol–water partition coefficient (Wildman–Crippen LogP) is -2.23. The lowest BCUT2D eigenvalue weighted by Crippen LogP contribution is -2.39. The standard InChI is InChI=1S/C10H15N3O5/c1-17-8-7(15)5(4-11)18-9(8)13-3-2-6(14)12-10(13)16/h2-3,5,7-9,15H,4,11H2,1H3,(H,12,14,16)/t5-,7?,8?,9-/m1/s1. The molecule has 1 aliphatic rings. The second-order valence-electron chi connectivity index (χ2n) is 4.01. The minimum atomic E-state index is -0.927. The minimum Gasteiger partial charge on any atom is -0.387 e. The van der Waals surface area contributed by atoms with Crippen LogP contribution < -0.4 is 17.0 Å². The molecule has 0 aromatic carbocycles. The van der Waals surface area contributed by atoms with E-state index in [0.29, 0.717) is 0 Å². The summed E-state index contributed by atoms with van der Waals surface area (Å²) in [6, 6.07) is 1.19. The van der Waals surface area contributed by atoms with E-state index in [2.05, 4.69) is 4.98 Å². The Labute approximate surface area is 102 Å². The molecule has 8 nitrogen and oxygen atoms in total. The van der Waals surface area contributed by atoms with Gasteiger partial charge >= 0.3 is 5.69 Å². The molecule has 0 bridgehead atoms. The van der Waals surface area contributed by atoms with Crippen LogP contribution in [0.5, 0.6) is 0 Å². The summed E-state index contributed by atoms with van der Waals surface area (Å²) in [5, 5.41) is 9.91. The van der Waals surface area contributed by atoms with E-state index in [1.807, 2.05) is 0 Å². The second kappa shape index (κ2) is 5.02. The third kappa shape index (κ3) is 2.10. The van der Waals surface area contributed by atoms with Gasteiger partial charge in [0.2, 0.25) is 0 Å². The third-order valence-electron chi connectivity index (χ3n) is 2.94. The molecular formula is C10H15N3O5. The summed E-state index contributed by atoms with van der Waals surface area (Å²) < 4.78 is 11.8. The van der Waals surface area contributed by atoms with Crippen molar-refractivity contribution in [3.63, 3.8) is 0 Å². The first kappa shape index (κ1) is 13.0. The largest absolute Gasteiger partial charge is 0.387 e. The molecule has 1 aromatic heterocycles. The number of hydrogen-bond donors (Lipinski definition) is 3. The Bertz CT molecular complexity index is 525. The number of nitrogens with one attached hydrogen (secondary N) is 1. The van der Waals surface area contributed by atoms with Crippen LogP contribution in [0, 0.1) is 0 Å². The number of rotatable bonds is 3. The van der Waals surface area contributed by atoms with Gasteiger partial charge in [0.25, 0.3) is 5.56 Å². The average Bonchev–Trinajstić information content (AvgIpc) is 2.65. The summed E-state index contributed by atoms with van der Waals surface area (Å²) in [6.07, 6.45) is -1.78.